The van der Waals surface area contributed by atoms with Gasteiger partial charge in [0.15, 0.2) is 5.82 Å². The molecule has 0 bridgehead atoms. The fourth-order valence-corrected chi connectivity index (χ4v) is 5.42. The zero-order valence-electron chi connectivity index (χ0n) is 24.7. The summed E-state index contributed by atoms with van der Waals surface area (Å²) in [5.74, 6) is 2.22. The van der Waals surface area contributed by atoms with E-state index in [9.17, 15) is 4.79 Å². The Kier molecular flexibility index (Phi) is 8.11. The molecule has 222 valence electrons. The first-order valence-electron chi connectivity index (χ1n) is 14.7. The van der Waals surface area contributed by atoms with Crippen LogP contribution in [-0.2, 0) is 11.3 Å². The highest BCUT2D eigenvalue weighted by Gasteiger charge is 2.33. The molecule has 5 heterocycles. The molecule has 1 unspecified atom stereocenters. The molecule has 0 aliphatic carbocycles. The van der Waals surface area contributed by atoms with Gasteiger partial charge in [-0.1, -0.05) is 6.07 Å². The summed E-state index contributed by atoms with van der Waals surface area (Å²) in [6, 6.07) is 22.0. The smallest absolute Gasteiger partial charge is 0.413 e. The number of carbonyl (C=O) groups is 1. The number of carbonyl (C=O) groups excluding carboxylic acids is 1. The van der Waals surface area contributed by atoms with E-state index in [0.717, 1.165) is 66.7 Å². The van der Waals surface area contributed by atoms with Gasteiger partial charge in [-0.15, -0.1) is 0 Å². The van der Waals surface area contributed by atoms with E-state index in [1.54, 1.807) is 6.20 Å². The summed E-state index contributed by atoms with van der Waals surface area (Å²) < 4.78 is 11.7. The van der Waals surface area contributed by atoms with E-state index in [0.29, 0.717) is 5.82 Å². The van der Waals surface area contributed by atoms with Crippen molar-refractivity contribution in [2.45, 2.75) is 58.0 Å². The summed E-state index contributed by atoms with van der Waals surface area (Å²) in [7, 11) is 0. The molecule has 0 saturated carbocycles. The molecular weight excluding hydrogens is 542 g/mol. The van der Waals surface area contributed by atoms with Crippen LogP contribution in [0.2, 0.25) is 0 Å². The van der Waals surface area contributed by atoms with Gasteiger partial charge in [0.05, 0.1) is 11.4 Å². The Labute approximate surface area is 252 Å². The number of likely N-dealkylation sites (tertiary alicyclic amines) is 1. The van der Waals surface area contributed by atoms with Crippen molar-refractivity contribution in [2.24, 2.45) is 0 Å². The molecule has 1 saturated heterocycles. The van der Waals surface area contributed by atoms with Crippen LogP contribution in [0.3, 0.4) is 0 Å². The van der Waals surface area contributed by atoms with Crippen molar-refractivity contribution in [3.05, 3.63) is 96.6 Å². The van der Waals surface area contributed by atoms with Crippen LogP contribution in [-0.4, -0.2) is 50.7 Å². The van der Waals surface area contributed by atoms with E-state index in [-0.39, 0.29) is 12.3 Å². The molecule has 2 aliphatic rings. The third-order valence-electron chi connectivity index (χ3n) is 7.35. The Morgan fingerprint density at radius 2 is 1.74 bits per heavy atom. The van der Waals surface area contributed by atoms with E-state index in [4.69, 9.17) is 9.47 Å². The minimum Gasteiger partial charge on any atom is -0.490 e. The number of rotatable bonds is 7. The highest BCUT2D eigenvalue weighted by atomic mass is 16.6. The molecule has 2 N–H and O–H groups in total. The Morgan fingerprint density at radius 3 is 2.49 bits per heavy atom. The summed E-state index contributed by atoms with van der Waals surface area (Å²) in [4.78, 5) is 30.2. The van der Waals surface area contributed by atoms with E-state index in [1.807, 2.05) is 87.8 Å². The molecule has 3 aromatic heterocycles. The molecule has 0 radical (unpaired) electrons. The van der Waals surface area contributed by atoms with Crippen molar-refractivity contribution in [1.82, 2.24) is 19.9 Å². The molecule has 10 nitrogen and oxygen atoms in total. The average Bonchev–Trinajstić information content (AvgIpc) is 3.38. The minimum atomic E-state index is -0.561. The number of fused-ring (bicyclic) bond motifs is 1. The van der Waals surface area contributed by atoms with Crippen LogP contribution in [0.1, 0.15) is 51.0 Å². The lowest BCUT2D eigenvalue weighted by Crippen LogP contribution is -2.37. The molecule has 1 amide bonds. The van der Waals surface area contributed by atoms with Gasteiger partial charge in [0.1, 0.15) is 29.4 Å². The van der Waals surface area contributed by atoms with Crippen molar-refractivity contribution >= 4 is 29.1 Å². The predicted molar refractivity (Wildman–Crippen MR) is 166 cm³/mol. The quantitative estimate of drug-likeness (QED) is 0.253. The fourth-order valence-electron chi connectivity index (χ4n) is 5.42. The Hall–Kier alpha value is -4.70. The van der Waals surface area contributed by atoms with E-state index in [1.165, 1.54) is 0 Å². The first-order valence-corrected chi connectivity index (χ1v) is 14.7. The van der Waals surface area contributed by atoms with E-state index >= 15 is 0 Å². The van der Waals surface area contributed by atoms with Crippen LogP contribution in [0.15, 0.2) is 85.3 Å². The molecule has 2 aliphatic heterocycles. The van der Waals surface area contributed by atoms with Gasteiger partial charge in [0.2, 0.25) is 0 Å². The van der Waals surface area contributed by atoms with Crippen LogP contribution in [0.25, 0.3) is 0 Å². The molecule has 0 spiro atoms. The number of pyridine rings is 3. The molecule has 6 rings (SSSR count). The van der Waals surface area contributed by atoms with Crippen molar-refractivity contribution in [2.75, 3.05) is 28.6 Å². The lowest BCUT2D eigenvalue weighted by Gasteiger charge is -2.32. The zero-order valence-corrected chi connectivity index (χ0v) is 24.7. The lowest BCUT2D eigenvalue weighted by atomic mass is 10.1. The van der Waals surface area contributed by atoms with Gasteiger partial charge in [0, 0.05) is 43.9 Å². The third-order valence-corrected chi connectivity index (χ3v) is 7.35. The summed E-state index contributed by atoms with van der Waals surface area (Å²) in [6.45, 7) is 8.13. The fraction of sp³-hybridized carbons (Fsp3) is 0.333. The number of piperidine rings is 1. The number of nitrogens with zero attached hydrogens (tertiary/aromatic N) is 5. The number of hydrogen-bond acceptors (Lipinski definition) is 9. The maximum absolute atomic E-state index is 12.1. The number of amides is 1. The monoisotopic (exact) mass is 579 g/mol. The van der Waals surface area contributed by atoms with E-state index < -0.39 is 11.7 Å². The molecule has 1 aromatic carbocycles. The van der Waals surface area contributed by atoms with Crippen LogP contribution in [0.4, 0.5) is 27.8 Å². The molecule has 1 fully saturated rings. The minimum absolute atomic E-state index is 0.147. The first kappa shape index (κ1) is 28.4. The second-order valence-electron chi connectivity index (χ2n) is 11.8. The predicted octanol–water partition coefficient (Wildman–Crippen LogP) is 6.52. The standard InChI is InChI=1S/C33H37N7O3/c1-33(2,3)43-32(41)38-29-21-23(13-18-35-29)22-39-19-14-26(15-20-39)42-25-11-9-24(10-12-25)40-30-28(8-6-17-36-30)37-31(40)27-7-4-5-16-34-27/h4-13,16-18,21,26,31,37H,14-15,19-20,22H2,1-3H3,(H,35,38,41). The van der Waals surface area contributed by atoms with Crippen LogP contribution >= 0.6 is 0 Å². The Morgan fingerprint density at radius 1 is 0.953 bits per heavy atom. The van der Waals surface area contributed by atoms with Gasteiger partial charge in [-0.25, -0.2) is 14.8 Å². The van der Waals surface area contributed by atoms with Crippen LogP contribution in [0, 0.1) is 0 Å². The van der Waals surface area contributed by atoms with E-state index in [2.05, 4.69) is 47.5 Å². The summed E-state index contributed by atoms with van der Waals surface area (Å²) in [5.41, 5.74) is 3.45. The highest BCUT2D eigenvalue weighted by Crippen LogP contribution is 2.44. The van der Waals surface area contributed by atoms with Crippen molar-refractivity contribution < 1.29 is 14.3 Å². The third kappa shape index (κ3) is 7.03. The summed E-state index contributed by atoms with van der Waals surface area (Å²) >= 11 is 0. The maximum Gasteiger partial charge on any atom is 0.413 e. The van der Waals surface area contributed by atoms with Gasteiger partial charge in [-0.05, 0) is 99.8 Å². The van der Waals surface area contributed by atoms with Crippen LogP contribution < -0.4 is 20.3 Å². The number of aromatic nitrogens is 3. The molecular formula is C33H37N7O3. The summed E-state index contributed by atoms with van der Waals surface area (Å²) in [6.07, 6.45) is 6.71. The van der Waals surface area contributed by atoms with Gasteiger partial charge in [0.25, 0.3) is 0 Å². The Balaban J connectivity index is 1.04. The first-order chi connectivity index (χ1) is 20.8. The van der Waals surface area contributed by atoms with Gasteiger partial charge in [-0.2, -0.15) is 0 Å². The van der Waals surface area contributed by atoms with Gasteiger partial charge >= 0.3 is 6.09 Å². The number of anilines is 4. The zero-order chi connectivity index (χ0) is 29.8. The molecule has 10 heteroatoms. The Bertz CT molecular complexity index is 1530. The summed E-state index contributed by atoms with van der Waals surface area (Å²) in [5, 5.41) is 6.28. The van der Waals surface area contributed by atoms with Gasteiger partial charge < -0.3 is 14.8 Å². The maximum atomic E-state index is 12.1. The number of benzene rings is 1. The van der Waals surface area contributed by atoms with Crippen molar-refractivity contribution in [1.29, 1.82) is 0 Å². The highest BCUT2D eigenvalue weighted by molar-refractivity contribution is 5.83. The molecule has 43 heavy (non-hydrogen) atoms. The second-order valence-corrected chi connectivity index (χ2v) is 11.8. The van der Waals surface area contributed by atoms with Gasteiger partial charge in [-0.3, -0.25) is 20.1 Å². The number of ether oxygens (including phenoxy) is 2. The van der Waals surface area contributed by atoms with Crippen molar-refractivity contribution in [3.63, 3.8) is 0 Å². The SMILES string of the molecule is CC(C)(C)OC(=O)Nc1cc(CN2CCC(Oc3ccc(N4c5ncccc5NC4c4ccccn4)cc3)CC2)ccn1. The number of nitrogens with one attached hydrogen (secondary N) is 2. The normalized spacial score (nSPS) is 17.2. The van der Waals surface area contributed by atoms with Crippen molar-refractivity contribution in [3.8, 4) is 5.75 Å². The molecule has 4 aromatic rings. The largest absolute Gasteiger partial charge is 0.490 e. The van der Waals surface area contributed by atoms with Crippen LogP contribution in [0.5, 0.6) is 5.75 Å². The molecule has 1 atom stereocenters. The lowest BCUT2D eigenvalue weighted by molar-refractivity contribution is 0.0635. The second kappa shape index (κ2) is 12.3. The number of hydrogen-bond donors (Lipinski definition) is 2. The average molecular weight is 580 g/mol. The topological polar surface area (TPSA) is 105 Å².